The number of rotatable bonds is 2. The van der Waals surface area contributed by atoms with Crippen molar-refractivity contribution in [2.24, 2.45) is 0 Å². The summed E-state index contributed by atoms with van der Waals surface area (Å²) in [7, 11) is 0. The summed E-state index contributed by atoms with van der Waals surface area (Å²) in [6.07, 6.45) is 2.83. The molecule has 0 aliphatic heterocycles. The highest BCUT2D eigenvalue weighted by Gasteiger charge is 2.06. The Labute approximate surface area is 78.1 Å². The summed E-state index contributed by atoms with van der Waals surface area (Å²) in [4.78, 5) is 10.5. The van der Waals surface area contributed by atoms with Gasteiger partial charge in [-0.2, -0.15) is 5.10 Å². The lowest BCUT2D eigenvalue weighted by Gasteiger charge is -1.92. The molecule has 2 aromatic rings. The van der Waals surface area contributed by atoms with Crippen LogP contribution in [-0.2, 0) is 0 Å². The molecular weight excluding hydrogens is 188 g/mol. The zero-order valence-electron chi connectivity index (χ0n) is 6.54. The van der Waals surface area contributed by atoms with Crippen molar-refractivity contribution < 1.29 is 9.90 Å². The number of carboxylic acids is 1. The van der Waals surface area contributed by atoms with E-state index in [1.54, 1.807) is 4.68 Å². The monoisotopic (exact) mass is 194 g/mol. The maximum Gasteiger partial charge on any atom is 0.338 e. The van der Waals surface area contributed by atoms with E-state index in [0.717, 1.165) is 5.00 Å². The van der Waals surface area contributed by atoms with Crippen molar-refractivity contribution in [2.45, 2.75) is 0 Å². The van der Waals surface area contributed by atoms with Gasteiger partial charge >= 0.3 is 5.97 Å². The molecule has 2 rings (SSSR count). The predicted octanol–water partition coefficient (Wildman–Crippen LogP) is 1.63. The van der Waals surface area contributed by atoms with Crippen molar-refractivity contribution in [1.29, 1.82) is 0 Å². The third-order valence-electron chi connectivity index (χ3n) is 1.56. The number of carbonyl (C=O) groups is 1. The molecular formula is C8H6N2O2S. The van der Waals surface area contributed by atoms with Crippen molar-refractivity contribution in [3.8, 4) is 5.00 Å². The molecule has 0 aliphatic rings. The Kier molecular flexibility index (Phi) is 1.86. The van der Waals surface area contributed by atoms with Gasteiger partial charge in [0.1, 0.15) is 5.00 Å². The van der Waals surface area contributed by atoms with Gasteiger partial charge in [0.25, 0.3) is 0 Å². The van der Waals surface area contributed by atoms with Gasteiger partial charge in [0.15, 0.2) is 0 Å². The zero-order chi connectivity index (χ0) is 9.26. The van der Waals surface area contributed by atoms with Gasteiger partial charge < -0.3 is 5.11 Å². The maximum atomic E-state index is 10.5. The Hall–Kier alpha value is -1.62. The Morgan fingerprint density at radius 3 is 3.00 bits per heavy atom. The fourth-order valence-electron chi connectivity index (χ4n) is 0.954. The third kappa shape index (κ3) is 1.46. The van der Waals surface area contributed by atoms with Crippen molar-refractivity contribution in [3.05, 3.63) is 35.5 Å². The van der Waals surface area contributed by atoms with Crippen LogP contribution in [0, 0.1) is 0 Å². The summed E-state index contributed by atoms with van der Waals surface area (Å²) in [6.45, 7) is 0. The van der Waals surface area contributed by atoms with Crippen molar-refractivity contribution in [3.63, 3.8) is 0 Å². The molecule has 0 amide bonds. The molecule has 13 heavy (non-hydrogen) atoms. The highest BCUT2D eigenvalue weighted by Crippen LogP contribution is 2.14. The lowest BCUT2D eigenvalue weighted by atomic mass is 10.4. The molecule has 1 N–H and O–H groups in total. The van der Waals surface area contributed by atoms with Crippen LogP contribution in [0.3, 0.4) is 0 Å². The molecule has 0 aliphatic carbocycles. The second-order valence-electron chi connectivity index (χ2n) is 2.43. The Bertz CT molecular complexity index is 419. The molecule has 4 nitrogen and oxygen atoms in total. The number of hydrogen-bond donors (Lipinski definition) is 1. The van der Waals surface area contributed by atoms with Crippen LogP contribution in [-0.4, -0.2) is 20.9 Å². The van der Waals surface area contributed by atoms with Crippen molar-refractivity contribution in [2.75, 3.05) is 0 Å². The van der Waals surface area contributed by atoms with E-state index in [1.807, 2.05) is 17.5 Å². The molecule has 0 saturated heterocycles. The third-order valence-corrected chi connectivity index (χ3v) is 2.42. The molecule has 66 valence electrons. The Morgan fingerprint density at radius 2 is 2.46 bits per heavy atom. The number of nitrogens with zero attached hydrogens (tertiary/aromatic N) is 2. The zero-order valence-corrected chi connectivity index (χ0v) is 7.36. The first-order valence-electron chi connectivity index (χ1n) is 3.59. The summed E-state index contributed by atoms with van der Waals surface area (Å²) in [6, 6.07) is 3.77. The van der Waals surface area contributed by atoms with Gasteiger partial charge in [-0.05, 0) is 17.5 Å². The Morgan fingerprint density at radius 1 is 1.62 bits per heavy atom. The first kappa shape index (κ1) is 8.00. The number of hydrogen-bond acceptors (Lipinski definition) is 3. The van der Waals surface area contributed by atoms with Gasteiger partial charge in [-0.3, -0.25) is 0 Å². The fraction of sp³-hybridized carbons (Fsp3) is 0. The van der Waals surface area contributed by atoms with E-state index < -0.39 is 5.97 Å². The number of thiophene rings is 1. The van der Waals surface area contributed by atoms with E-state index in [-0.39, 0.29) is 5.56 Å². The number of aromatic nitrogens is 2. The maximum absolute atomic E-state index is 10.5. The minimum Gasteiger partial charge on any atom is -0.478 e. The van der Waals surface area contributed by atoms with Gasteiger partial charge in [0.2, 0.25) is 0 Å². The highest BCUT2D eigenvalue weighted by atomic mass is 32.1. The molecule has 2 heterocycles. The van der Waals surface area contributed by atoms with Crippen LogP contribution in [0.5, 0.6) is 0 Å². The molecule has 0 atom stereocenters. The SMILES string of the molecule is O=C(O)c1cnn(-c2cccs2)c1. The highest BCUT2D eigenvalue weighted by molar-refractivity contribution is 7.12. The van der Waals surface area contributed by atoms with E-state index in [0.29, 0.717) is 0 Å². The first-order valence-corrected chi connectivity index (χ1v) is 4.47. The molecule has 2 aromatic heterocycles. The predicted molar refractivity (Wildman–Crippen MR) is 48.4 cm³/mol. The van der Waals surface area contributed by atoms with Crippen molar-refractivity contribution >= 4 is 17.3 Å². The summed E-state index contributed by atoms with van der Waals surface area (Å²) >= 11 is 1.51. The molecule has 5 heteroatoms. The van der Waals surface area contributed by atoms with E-state index in [4.69, 9.17) is 5.11 Å². The van der Waals surface area contributed by atoms with Gasteiger partial charge in [-0.25, -0.2) is 9.48 Å². The van der Waals surface area contributed by atoms with Gasteiger partial charge in [-0.15, -0.1) is 11.3 Å². The second kappa shape index (κ2) is 3.02. The van der Waals surface area contributed by atoms with Gasteiger partial charge in [0, 0.05) is 6.20 Å². The lowest BCUT2D eigenvalue weighted by Crippen LogP contribution is -1.93. The minimum absolute atomic E-state index is 0.202. The van der Waals surface area contributed by atoms with Crippen LogP contribution in [0.2, 0.25) is 0 Å². The molecule has 0 fully saturated rings. The average Bonchev–Trinajstić information content (AvgIpc) is 2.75. The van der Waals surface area contributed by atoms with Crippen LogP contribution in [0.25, 0.3) is 5.00 Å². The smallest absolute Gasteiger partial charge is 0.338 e. The standard InChI is InChI=1S/C8H6N2O2S/c11-8(12)6-4-9-10(5-6)7-2-1-3-13-7/h1-5H,(H,11,12). The molecule has 0 aromatic carbocycles. The minimum atomic E-state index is -0.956. The Balaban J connectivity index is 2.39. The van der Waals surface area contributed by atoms with Gasteiger partial charge in [0.05, 0.1) is 11.8 Å². The molecule has 0 bridgehead atoms. The first-order chi connectivity index (χ1) is 6.27. The molecule has 0 saturated carbocycles. The topological polar surface area (TPSA) is 55.1 Å². The van der Waals surface area contributed by atoms with Crippen molar-refractivity contribution in [1.82, 2.24) is 9.78 Å². The number of carboxylic acid groups (broad SMARTS) is 1. The summed E-state index contributed by atoms with van der Waals surface area (Å²) < 4.78 is 1.55. The normalized spacial score (nSPS) is 10.2. The summed E-state index contributed by atoms with van der Waals surface area (Å²) in [5.74, 6) is -0.956. The fourth-order valence-corrected chi connectivity index (χ4v) is 1.62. The van der Waals surface area contributed by atoms with E-state index >= 15 is 0 Å². The average molecular weight is 194 g/mol. The van der Waals surface area contributed by atoms with Crippen LogP contribution in [0.4, 0.5) is 0 Å². The molecule has 0 unspecified atom stereocenters. The van der Waals surface area contributed by atoms with Crippen LogP contribution < -0.4 is 0 Å². The van der Waals surface area contributed by atoms with E-state index in [9.17, 15) is 4.79 Å². The largest absolute Gasteiger partial charge is 0.478 e. The number of aromatic carboxylic acids is 1. The van der Waals surface area contributed by atoms with E-state index in [1.165, 1.54) is 23.7 Å². The van der Waals surface area contributed by atoms with E-state index in [2.05, 4.69) is 5.10 Å². The summed E-state index contributed by atoms with van der Waals surface area (Å²) in [5, 5.41) is 15.4. The quantitative estimate of drug-likeness (QED) is 0.790. The summed E-state index contributed by atoms with van der Waals surface area (Å²) in [5.41, 5.74) is 0.202. The second-order valence-corrected chi connectivity index (χ2v) is 3.36. The van der Waals surface area contributed by atoms with Crippen LogP contribution >= 0.6 is 11.3 Å². The lowest BCUT2D eigenvalue weighted by molar-refractivity contribution is 0.0697. The van der Waals surface area contributed by atoms with Gasteiger partial charge in [-0.1, -0.05) is 0 Å². The molecule has 0 radical (unpaired) electrons. The van der Waals surface area contributed by atoms with Crippen LogP contribution in [0.15, 0.2) is 29.9 Å². The molecule has 0 spiro atoms. The van der Waals surface area contributed by atoms with Crippen LogP contribution in [0.1, 0.15) is 10.4 Å².